The summed E-state index contributed by atoms with van der Waals surface area (Å²) in [5.74, 6) is 5.39. The van der Waals surface area contributed by atoms with Crippen molar-refractivity contribution in [2.24, 2.45) is 0 Å². The number of carbonyl (C=O) groups excluding carboxylic acids is 1. The van der Waals surface area contributed by atoms with Gasteiger partial charge in [0.15, 0.2) is 0 Å². The molecule has 0 saturated carbocycles. The molecule has 72 valence electrons. The van der Waals surface area contributed by atoms with Gasteiger partial charge in [0.05, 0.1) is 21.5 Å². The van der Waals surface area contributed by atoms with Crippen LogP contribution in [0.15, 0.2) is 12.1 Å². The summed E-state index contributed by atoms with van der Waals surface area (Å²) in [4.78, 5) is 10.0. The van der Waals surface area contributed by atoms with E-state index in [0.717, 1.165) is 6.29 Å². The topological polar surface area (TPSA) is 17.1 Å². The summed E-state index contributed by atoms with van der Waals surface area (Å²) >= 11 is 17.3. The number of carbonyl (C=O) groups is 1. The molecule has 0 fully saturated rings. The quantitative estimate of drug-likeness (QED) is 0.421. The Bertz CT molecular complexity index is 392. The standard InChI is InChI=1S/C10H5Cl3O/c11-8-5-7(3-1-2-4-14)6-9(12)10(8)13/h4-6H,2H2. The van der Waals surface area contributed by atoms with Crippen molar-refractivity contribution in [2.45, 2.75) is 6.42 Å². The summed E-state index contributed by atoms with van der Waals surface area (Å²) in [7, 11) is 0. The van der Waals surface area contributed by atoms with Crippen LogP contribution in [-0.4, -0.2) is 6.29 Å². The monoisotopic (exact) mass is 246 g/mol. The maximum absolute atomic E-state index is 10.0. The molecule has 0 spiro atoms. The van der Waals surface area contributed by atoms with E-state index in [1.54, 1.807) is 12.1 Å². The van der Waals surface area contributed by atoms with Crippen LogP contribution in [-0.2, 0) is 4.79 Å². The predicted molar refractivity (Wildman–Crippen MR) is 59.0 cm³/mol. The highest BCUT2D eigenvalue weighted by Crippen LogP contribution is 2.30. The van der Waals surface area contributed by atoms with Gasteiger partial charge in [0.1, 0.15) is 6.29 Å². The summed E-state index contributed by atoms with van der Waals surface area (Å²) in [6.07, 6.45) is 0.921. The molecule has 14 heavy (non-hydrogen) atoms. The molecule has 1 aromatic rings. The van der Waals surface area contributed by atoms with Gasteiger partial charge in [0, 0.05) is 5.56 Å². The van der Waals surface area contributed by atoms with Crippen molar-refractivity contribution in [3.63, 3.8) is 0 Å². The SMILES string of the molecule is O=CCC#Cc1cc(Cl)c(Cl)c(Cl)c1. The molecule has 0 aliphatic carbocycles. The maximum Gasteiger partial charge on any atom is 0.131 e. The fourth-order valence-electron chi connectivity index (χ4n) is 0.822. The van der Waals surface area contributed by atoms with Crippen molar-refractivity contribution < 1.29 is 4.79 Å². The Morgan fingerprint density at radius 2 is 1.79 bits per heavy atom. The highest BCUT2D eigenvalue weighted by atomic mass is 35.5. The molecule has 1 nitrogen and oxygen atoms in total. The lowest BCUT2D eigenvalue weighted by Gasteiger charge is -1.99. The molecule has 0 N–H and O–H groups in total. The van der Waals surface area contributed by atoms with E-state index in [-0.39, 0.29) is 6.42 Å². The van der Waals surface area contributed by atoms with Crippen LogP contribution in [0, 0.1) is 11.8 Å². The van der Waals surface area contributed by atoms with E-state index in [0.29, 0.717) is 20.6 Å². The second-order valence-electron chi connectivity index (χ2n) is 2.43. The molecule has 0 bridgehead atoms. The van der Waals surface area contributed by atoms with Gasteiger partial charge >= 0.3 is 0 Å². The Kier molecular flexibility index (Phi) is 4.28. The van der Waals surface area contributed by atoms with Gasteiger partial charge in [-0.05, 0) is 12.1 Å². The van der Waals surface area contributed by atoms with E-state index in [2.05, 4.69) is 11.8 Å². The van der Waals surface area contributed by atoms with E-state index in [4.69, 9.17) is 34.8 Å². The second kappa shape index (κ2) is 5.26. The molecule has 0 saturated heterocycles. The van der Waals surface area contributed by atoms with Crippen LogP contribution in [0.5, 0.6) is 0 Å². The van der Waals surface area contributed by atoms with Crippen LogP contribution in [0.3, 0.4) is 0 Å². The van der Waals surface area contributed by atoms with E-state index >= 15 is 0 Å². The van der Waals surface area contributed by atoms with Crippen LogP contribution in [0.25, 0.3) is 0 Å². The molecule has 1 aromatic carbocycles. The Labute approximate surface area is 97.0 Å². The van der Waals surface area contributed by atoms with Gasteiger partial charge < -0.3 is 4.79 Å². The summed E-state index contributed by atoms with van der Waals surface area (Å²) in [5.41, 5.74) is 0.645. The van der Waals surface area contributed by atoms with Gasteiger partial charge in [-0.2, -0.15) is 0 Å². The van der Waals surface area contributed by atoms with Crippen LogP contribution in [0.1, 0.15) is 12.0 Å². The van der Waals surface area contributed by atoms with Crippen LogP contribution < -0.4 is 0 Å². The van der Waals surface area contributed by atoms with Gasteiger partial charge in [-0.15, -0.1) is 0 Å². The molecular formula is C10H5Cl3O. The first-order chi connectivity index (χ1) is 6.65. The van der Waals surface area contributed by atoms with E-state index < -0.39 is 0 Å². The lowest BCUT2D eigenvalue weighted by molar-refractivity contribution is -0.107. The lowest BCUT2D eigenvalue weighted by Crippen LogP contribution is -1.78. The minimum absolute atomic E-state index is 0.192. The van der Waals surface area contributed by atoms with Gasteiger partial charge in [-0.1, -0.05) is 46.6 Å². The zero-order valence-electron chi connectivity index (χ0n) is 6.98. The zero-order valence-corrected chi connectivity index (χ0v) is 9.25. The fourth-order valence-corrected chi connectivity index (χ4v) is 1.42. The molecule has 0 heterocycles. The molecule has 1 rings (SSSR count). The third-order valence-corrected chi connectivity index (χ3v) is 2.60. The Balaban J connectivity index is 3.02. The zero-order chi connectivity index (χ0) is 10.6. The van der Waals surface area contributed by atoms with E-state index in [9.17, 15) is 4.79 Å². The minimum atomic E-state index is 0.192. The van der Waals surface area contributed by atoms with Crippen LogP contribution in [0.2, 0.25) is 15.1 Å². The van der Waals surface area contributed by atoms with Crippen LogP contribution >= 0.6 is 34.8 Å². The molecule has 0 aromatic heterocycles. The molecule has 0 radical (unpaired) electrons. The second-order valence-corrected chi connectivity index (χ2v) is 3.62. The van der Waals surface area contributed by atoms with E-state index in [1.807, 2.05) is 0 Å². The van der Waals surface area contributed by atoms with Crippen molar-refractivity contribution >= 4 is 41.1 Å². The number of rotatable bonds is 1. The lowest BCUT2D eigenvalue weighted by atomic mass is 10.2. The van der Waals surface area contributed by atoms with Gasteiger partial charge in [0.25, 0.3) is 0 Å². The molecule has 4 heteroatoms. The molecule has 0 aliphatic heterocycles. The summed E-state index contributed by atoms with van der Waals surface area (Å²) in [5, 5.41) is 1.03. The van der Waals surface area contributed by atoms with Crippen molar-refractivity contribution in [1.82, 2.24) is 0 Å². The van der Waals surface area contributed by atoms with Crippen molar-refractivity contribution in [3.05, 3.63) is 32.8 Å². The van der Waals surface area contributed by atoms with Gasteiger partial charge in [-0.3, -0.25) is 0 Å². The minimum Gasteiger partial charge on any atom is -0.302 e. The molecule has 0 aliphatic rings. The predicted octanol–water partition coefficient (Wildman–Crippen LogP) is 3.59. The fraction of sp³-hybridized carbons (Fsp3) is 0.100. The number of benzene rings is 1. The number of hydrogen-bond donors (Lipinski definition) is 0. The smallest absolute Gasteiger partial charge is 0.131 e. The Morgan fingerprint density at radius 3 is 2.29 bits per heavy atom. The summed E-state index contributed by atoms with van der Waals surface area (Å²) in [6.45, 7) is 0. The molecule has 0 unspecified atom stereocenters. The van der Waals surface area contributed by atoms with Crippen molar-refractivity contribution in [2.75, 3.05) is 0 Å². The van der Waals surface area contributed by atoms with Gasteiger partial charge in [-0.25, -0.2) is 0 Å². The average Bonchev–Trinajstić information content (AvgIpc) is 2.14. The third-order valence-electron chi connectivity index (χ3n) is 1.40. The number of halogens is 3. The highest BCUT2D eigenvalue weighted by molar-refractivity contribution is 6.48. The first-order valence-corrected chi connectivity index (χ1v) is 4.85. The molecule has 0 atom stereocenters. The normalized spacial score (nSPS) is 9.07. The van der Waals surface area contributed by atoms with Crippen molar-refractivity contribution in [1.29, 1.82) is 0 Å². The largest absolute Gasteiger partial charge is 0.302 e. The summed E-state index contributed by atoms with van der Waals surface area (Å²) in [6, 6.07) is 3.21. The van der Waals surface area contributed by atoms with E-state index in [1.165, 1.54) is 0 Å². The average molecular weight is 248 g/mol. The summed E-state index contributed by atoms with van der Waals surface area (Å²) < 4.78 is 0. The van der Waals surface area contributed by atoms with Crippen molar-refractivity contribution in [3.8, 4) is 11.8 Å². The first kappa shape index (κ1) is 11.4. The van der Waals surface area contributed by atoms with Gasteiger partial charge in [0.2, 0.25) is 0 Å². The highest BCUT2D eigenvalue weighted by Gasteiger charge is 2.03. The molecular weight excluding hydrogens is 242 g/mol. The van der Waals surface area contributed by atoms with Crippen LogP contribution in [0.4, 0.5) is 0 Å². The number of aldehydes is 1. The first-order valence-electron chi connectivity index (χ1n) is 3.72. The third kappa shape index (κ3) is 2.92. The molecule has 0 amide bonds. The Morgan fingerprint density at radius 1 is 1.21 bits per heavy atom. The maximum atomic E-state index is 10.0. The Hall–Kier alpha value is -0.680. The number of hydrogen-bond acceptors (Lipinski definition) is 1.